The number of nitrogen functional groups attached to an aromatic ring is 1. The third kappa shape index (κ3) is 3.81. The van der Waals surface area contributed by atoms with Crippen LogP contribution in [0.1, 0.15) is 22.0 Å². The molecule has 4 rings (SSSR count). The van der Waals surface area contributed by atoms with Crippen molar-refractivity contribution >= 4 is 22.8 Å². The number of hydrogen-bond donors (Lipinski definition) is 2. The molecule has 0 aliphatic heterocycles. The van der Waals surface area contributed by atoms with E-state index in [2.05, 4.69) is 15.3 Å². The highest BCUT2D eigenvalue weighted by Crippen LogP contribution is 2.24. The molecule has 0 unspecified atom stereocenters. The third-order valence-electron chi connectivity index (χ3n) is 4.72. The molecule has 2 heterocycles. The lowest BCUT2D eigenvalue weighted by Crippen LogP contribution is -2.31. The highest BCUT2D eigenvalue weighted by molar-refractivity contribution is 6.07. The fourth-order valence-corrected chi connectivity index (χ4v) is 3.37. The summed E-state index contributed by atoms with van der Waals surface area (Å²) in [5, 5.41) is 3.91. The van der Waals surface area contributed by atoms with Gasteiger partial charge in [0, 0.05) is 30.5 Å². The first-order chi connectivity index (χ1) is 14.2. The first-order valence-corrected chi connectivity index (χ1v) is 9.21. The van der Waals surface area contributed by atoms with Gasteiger partial charge in [0.25, 0.3) is 5.91 Å². The van der Waals surface area contributed by atoms with Gasteiger partial charge >= 0.3 is 0 Å². The molecule has 0 fully saturated rings. The maximum absolute atomic E-state index is 13.1. The predicted molar refractivity (Wildman–Crippen MR) is 112 cm³/mol. The Labute approximate surface area is 168 Å². The average Bonchev–Trinajstić information content (AvgIpc) is 3.18. The number of fused-ring (bicyclic) bond motifs is 1. The van der Waals surface area contributed by atoms with Gasteiger partial charge in [-0.3, -0.25) is 4.79 Å². The lowest BCUT2D eigenvalue weighted by atomic mass is 10.1. The van der Waals surface area contributed by atoms with E-state index in [-0.39, 0.29) is 17.9 Å². The van der Waals surface area contributed by atoms with Gasteiger partial charge in [0.1, 0.15) is 5.82 Å². The number of rotatable bonds is 6. The molecule has 0 bridgehead atoms. The van der Waals surface area contributed by atoms with Crippen molar-refractivity contribution in [3.05, 3.63) is 84.2 Å². The molecule has 0 radical (unpaired) electrons. The Kier molecular flexibility index (Phi) is 5.22. The number of carbonyl (C=O) groups is 1. The summed E-state index contributed by atoms with van der Waals surface area (Å²) in [5.74, 6) is 0.677. The summed E-state index contributed by atoms with van der Waals surface area (Å²) in [6.07, 6.45) is 3.47. The minimum Gasteiger partial charge on any atom is -0.382 e. The van der Waals surface area contributed by atoms with Crippen LogP contribution in [0.4, 0.5) is 5.95 Å². The number of nitrogens with two attached hydrogens (primary N) is 1. The van der Waals surface area contributed by atoms with Crippen molar-refractivity contribution in [2.45, 2.75) is 6.04 Å². The van der Waals surface area contributed by atoms with E-state index in [1.165, 1.54) is 0 Å². The number of methoxy groups -OCH3 is 1. The van der Waals surface area contributed by atoms with Crippen LogP contribution < -0.4 is 11.1 Å². The molecule has 3 N–H and O–H groups in total. The number of ether oxygens (including phenoxy) is 1. The van der Waals surface area contributed by atoms with Crippen LogP contribution in [0.25, 0.3) is 16.7 Å². The molecule has 1 atom stereocenters. The number of hydrogen-bond acceptors (Lipinski definition) is 5. The molecule has 0 saturated carbocycles. The average molecular weight is 387 g/mol. The SMILES string of the molecule is COC[C@@H](NC(=O)c1cccc2c1ccn2-c1ccnc(N)n1)c1ccccc1. The Morgan fingerprint density at radius 2 is 1.97 bits per heavy atom. The van der Waals surface area contributed by atoms with Crippen LogP contribution in [0.15, 0.2) is 73.1 Å². The predicted octanol–water partition coefficient (Wildman–Crippen LogP) is 3.12. The summed E-state index contributed by atoms with van der Waals surface area (Å²) in [6, 6.07) is 18.8. The molecular weight excluding hydrogens is 366 g/mol. The third-order valence-corrected chi connectivity index (χ3v) is 4.72. The molecule has 0 spiro atoms. The number of amides is 1. The highest BCUT2D eigenvalue weighted by atomic mass is 16.5. The molecule has 7 nitrogen and oxygen atoms in total. The number of aromatic nitrogens is 3. The summed E-state index contributed by atoms with van der Waals surface area (Å²) in [7, 11) is 1.62. The largest absolute Gasteiger partial charge is 0.382 e. The fraction of sp³-hybridized carbons (Fsp3) is 0.136. The van der Waals surface area contributed by atoms with Gasteiger partial charge in [-0.15, -0.1) is 0 Å². The zero-order valence-electron chi connectivity index (χ0n) is 15.9. The summed E-state index contributed by atoms with van der Waals surface area (Å²) in [6.45, 7) is 0.382. The zero-order valence-corrected chi connectivity index (χ0v) is 15.9. The minimum absolute atomic E-state index is 0.165. The lowest BCUT2D eigenvalue weighted by molar-refractivity contribution is 0.0898. The van der Waals surface area contributed by atoms with Gasteiger partial charge in [0.15, 0.2) is 0 Å². The summed E-state index contributed by atoms with van der Waals surface area (Å²) in [5.41, 5.74) is 8.15. The summed E-state index contributed by atoms with van der Waals surface area (Å²) in [4.78, 5) is 21.3. The van der Waals surface area contributed by atoms with Gasteiger partial charge in [-0.25, -0.2) is 4.98 Å². The van der Waals surface area contributed by atoms with Gasteiger partial charge < -0.3 is 20.4 Å². The second kappa shape index (κ2) is 8.12. The van der Waals surface area contributed by atoms with Crippen molar-refractivity contribution in [2.75, 3.05) is 19.5 Å². The van der Waals surface area contributed by atoms with Crippen molar-refractivity contribution in [1.29, 1.82) is 0 Å². The summed E-state index contributed by atoms with van der Waals surface area (Å²) >= 11 is 0. The normalized spacial score (nSPS) is 12.0. The van der Waals surface area contributed by atoms with Crippen molar-refractivity contribution in [3.8, 4) is 5.82 Å². The highest BCUT2D eigenvalue weighted by Gasteiger charge is 2.18. The van der Waals surface area contributed by atoms with E-state index < -0.39 is 0 Å². The van der Waals surface area contributed by atoms with E-state index in [0.717, 1.165) is 16.5 Å². The molecule has 0 saturated heterocycles. The maximum atomic E-state index is 13.1. The van der Waals surface area contributed by atoms with E-state index in [9.17, 15) is 4.79 Å². The van der Waals surface area contributed by atoms with Crippen LogP contribution in [-0.4, -0.2) is 34.2 Å². The van der Waals surface area contributed by atoms with Gasteiger partial charge in [0.05, 0.1) is 18.2 Å². The van der Waals surface area contributed by atoms with Gasteiger partial charge in [-0.1, -0.05) is 36.4 Å². The Morgan fingerprint density at radius 1 is 1.14 bits per heavy atom. The van der Waals surface area contributed by atoms with Crippen LogP contribution >= 0.6 is 0 Å². The van der Waals surface area contributed by atoms with Gasteiger partial charge in [-0.2, -0.15) is 4.98 Å². The van der Waals surface area contributed by atoms with E-state index in [4.69, 9.17) is 10.5 Å². The lowest BCUT2D eigenvalue weighted by Gasteiger charge is -2.19. The maximum Gasteiger partial charge on any atom is 0.252 e. The molecule has 146 valence electrons. The number of benzene rings is 2. The Balaban J connectivity index is 1.68. The van der Waals surface area contributed by atoms with Crippen LogP contribution in [-0.2, 0) is 4.74 Å². The van der Waals surface area contributed by atoms with Crippen LogP contribution in [0, 0.1) is 0 Å². The van der Waals surface area contributed by atoms with E-state index in [1.807, 2.05) is 65.4 Å². The molecule has 4 aromatic rings. The number of nitrogens with zero attached hydrogens (tertiary/aromatic N) is 3. The minimum atomic E-state index is -0.243. The second-order valence-electron chi connectivity index (χ2n) is 6.59. The van der Waals surface area contributed by atoms with Crippen LogP contribution in [0.5, 0.6) is 0 Å². The van der Waals surface area contributed by atoms with E-state index in [0.29, 0.717) is 18.0 Å². The Hall–Kier alpha value is -3.71. The van der Waals surface area contributed by atoms with Crippen molar-refractivity contribution in [1.82, 2.24) is 19.9 Å². The number of carbonyl (C=O) groups excluding carboxylic acids is 1. The number of anilines is 1. The molecule has 29 heavy (non-hydrogen) atoms. The molecular formula is C22H21N5O2. The summed E-state index contributed by atoms with van der Waals surface area (Å²) < 4.78 is 7.19. The quantitative estimate of drug-likeness (QED) is 0.530. The van der Waals surface area contributed by atoms with Crippen LogP contribution in [0.3, 0.4) is 0 Å². The molecule has 1 amide bonds. The monoisotopic (exact) mass is 387 g/mol. The van der Waals surface area contributed by atoms with Gasteiger partial charge in [0.2, 0.25) is 5.95 Å². The van der Waals surface area contributed by atoms with Crippen molar-refractivity contribution in [3.63, 3.8) is 0 Å². The Morgan fingerprint density at radius 3 is 2.72 bits per heavy atom. The fourth-order valence-electron chi connectivity index (χ4n) is 3.37. The van der Waals surface area contributed by atoms with Crippen molar-refractivity contribution in [2.24, 2.45) is 0 Å². The number of nitrogens with one attached hydrogen (secondary N) is 1. The van der Waals surface area contributed by atoms with Crippen LogP contribution in [0.2, 0.25) is 0 Å². The topological polar surface area (TPSA) is 95.1 Å². The van der Waals surface area contributed by atoms with E-state index in [1.54, 1.807) is 19.4 Å². The molecule has 2 aromatic heterocycles. The smallest absolute Gasteiger partial charge is 0.252 e. The first kappa shape index (κ1) is 18.6. The zero-order chi connectivity index (χ0) is 20.2. The Bertz CT molecular complexity index is 1140. The first-order valence-electron chi connectivity index (χ1n) is 9.21. The van der Waals surface area contributed by atoms with Gasteiger partial charge in [-0.05, 0) is 29.8 Å². The van der Waals surface area contributed by atoms with E-state index >= 15 is 0 Å². The molecule has 7 heteroatoms. The second-order valence-corrected chi connectivity index (χ2v) is 6.59. The molecule has 0 aliphatic rings. The molecule has 2 aromatic carbocycles. The standard InChI is InChI=1S/C22H21N5O2/c1-29-14-18(15-6-3-2-4-7-15)25-21(28)17-8-5-9-19-16(17)11-13-27(19)20-10-12-24-22(23)26-20/h2-13,18H,14H2,1H3,(H,25,28)(H2,23,24,26)/t18-/m1/s1. The van der Waals surface area contributed by atoms with Crippen molar-refractivity contribution < 1.29 is 9.53 Å². The molecule has 0 aliphatic carbocycles.